The number of carbonyl (C=O) groups excluding carboxylic acids is 2. The van der Waals surface area contributed by atoms with Gasteiger partial charge in [0.1, 0.15) is 6.61 Å². The minimum atomic E-state index is -0.192. The number of hydrogen-bond donors (Lipinski definition) is 0. The van der Waals surface area contributed by atoms with Crippen molar-refractivity contribution in [3.8, 4) is 0 Å². The monoisotopic (exact) mass is 342 g/mol. The van der Waals surface area contributed by atoms with Gasteiger partial charge in [-0.3, -0.25) is 9.59 Å². The van der Waals surface area contributed by atoms with Crippen molar-refractivity contribution in [2.24, 2.45) is 17.3 Å². The zero-order chi connectivity index (χ0) is 18.0. The van der Waals surface area contributed by atoms with Crippen LogP contribution in [0.1, 0.15) is 65.7 Å². The number of ketones is 1. The maximum Gasteiger partial charge on any atom is 0.302 e. The van der Waals surface area contributed by atoms with Gasteiger partial charge in [0.2, 0.25) is 0 Å². The summed E-state index contributed by atoms with van der Waals surface area (Å²) >= 11 is 0. The molecule has 3 heteroatoms. The standard InChI is InChI=1S/C22H30O3/c1-4-11-22(14-25-15(3)23)12-10-19-18-9-7-17(24)13-16(18)6-8-20(19)21(22)5-2/h10,12-13,20-21H,4-9,11,14H2,1-3H3/t20-,21?,22?/m1/s1. The SMILES string of the molecule is CCCC1(COC(C)=O)C=CC2=C3CCC(=O)C=C3CC[C@H]2C1CC. The normalized spacial score (nSPS) is 31.3. The average Bonchev–Trinajstić information content (AvgIpc) is 2.59. The van der Waals surface area contributed by atoms with Gasteiger partial charge in [-0.2, -0.15) is 0 Å². The molecule has 0 amide bonds. The van der Waals surface area contributed by atoms with E-state index in [9.17, 15) is 9.59 Å². The topological polar surface area (TPSA) is 43.4 Å². The minimum Gasteiger partial charge on any atom is -0.465 e. The van der Waals surface area contributed by atoms with E-state index in [4.69, 9.17) is 4.74 Å². The summed E-state index contributed by atoms with van der Waals surface area (Å²) in [6.45, 7) is 6.46. The van der Waals surface area contributed by atoms with Gasteiger partial charge in [0, 0.05) is 18.8 Å². The fraction of sp³-hybridized carbons (Fsp3) is 0.636. The number of rotatable bonds is 5. The molecule has 0 aromatic rings. The molecule has 3 aliphatic rings. The first-order valence-corrected chi connectivity index (χ1v) is 9.80. The van der Waals surface area contributed by atoms with E-state index in [2.05, 4.69) is 26.0 Å². The second-order valence-electron chi connectivity index (χ2n) is 7.83. The molecule has 3 nitrogen and oxygen atoms in total. The van der Waals surface area contributed by atoms with Crippen LogP contribution >= 0.6 is 0 Å². The molecular weight excluding hydrogens is 312 g/mol. The summed E-state index contributed by atoms with van der Waals surface area (Å²) in [5, 5.41) is 0. The van der Waals surface area contributed by atoms with Crippen LogP contribution in [-0.4, -0.2) is 18.4 Å². The van der Waals surface area contributed by atoms with Gasteiger partial charge >= 0.3 is 5.97 Å². The van der Waals surface area contributed by atoms with Crippen molar-refractivity contribution in [2.75, 3.05) is 6.61 Å². The molecule has 0 aromatic heterocycles. The zero-order valence-electron chi connectivity index (χ0n) is 15.8. The molecule has 0 bridgehead atoms. The van der Waals surface area contributed by atoms with E-state index in [1.54, 1.807) is 0 Å². The lowest BCUT2D eigenvalue weighted by Crippen LogP contribution is -2.42. The summed E-state index contributed by atoms with van der Waals surface area (Å²) in [5.74, 6) is 1.11. The highest BCUT2D eigenvalue weighted by Crippen LogP contribution is 2.53. The molecular formula is C22H30O3. The Hall–Kier alpha value is -1.64. The number of esters is 1. The molecule has 0 N–H and O–H groups in total. The van der Waals surface area contributed by atoms with E-state index in [1.165, 1.54) is 23.6 Å². The molecule has 0 heterocycles. The van der Waals surface area contributed by atoms with Crippen LogP contribution in [0.2, 0.25) is 0 Å². The van der Waals surface area contributed by atoms with Crippen LogP contribution in [0.15, 0.2) is 34.9 Å². The Balaban J connectivity index is 2.01. The Morgan fingerprint density at radius 3 is 2.76 bits per heavy atom. The summed E-state index contributed by atoms with van der Waals surface area (Å²) < 4.78 is 5.51. The Kier molecular flexibility index (Phi) is 5.31. The van der Waals surface area contributed by atoms with E-state index >= 15 is 0 Å². The first-order valence-electron chi connectivity index (χ1n) is 9.80. The molecule has 0 fully saturated rings. The van der Waals surface area contributed by atoms with E-state index in [-0.39, 0.29) is 17.2 Å². The molecule has 0 saturated carbocycles. The lowest BCUT2D eigenvalue weighted by molar-refractivity contribution is -0.145. The maximum atomic E-state index is 11.8. The molecule has 0 aromatic carbocycles. The van der Waals surface area contributed by atoms with Crippen molar-refractivity contribution in [1.82, 2.24) is 0 Å². The number of fused-ring (bicyclic) bond motifs is 2. The van der Waals surface area contributed by atoms with Gasteiger partial charge in [-0.25, -0.2) is 0 Å². The van der Waals surface area contributed by atoms with Crippen molar-refractivity contribution in [2.45, 2.75) is 65.7 Å². The molecule has 3 atom stereocenters. The van der Waals surface area contributed by atoms with Gasteiger partial charge in [0.25, 0.3) is 0 Å². The highest BCUT2D eigenvalue weighted by atomic mass is 16.5. The Morgan fingerprint density at radius 1 is 1.28 bits per heavy atom. The largest absolute Gasteiger partial charge is 0.465 e. The van der Waals surface area contributed by atoms with Crippen LogP contribution in [0.4, 0.5) is 0 Å². The fourth-order valence-corrected chi connectivity index (χ4v) is 5.32. The highest BCUT2D eigenvalue weighted by molar-refractivity contribution is 5.93. The highest BCUT2D eigenvalue weighted by Gasteiger charge is 2.45. The fourth-order valence-electron chi connectivity index (χ4n) is 5.32. The van der Waals surface area contributed by atoms with Crippen molar-refractivity contribution >= 4 is 11.8 Å². The van der Waals surface area contributed by atoms with Gasteiger partial charge in [-0.15, -0.1) is 0 Å². The molecule has 0 spiro atoms. The molecule has 25 heavy (non-hydrogen) atoms. The summed E-state index contributed by atoms with van der Waals surface area (Å²) in [6.07, 6.45) is 13.4. The van der Waals surface area contributed by atoms with Crippen LogP contribution in [-0.2, 0) is 14.3 Å². The Bertz CT molecular complexity index is 652. The van der Waals surface area contributed by atoms with Gasteiger partial charge in [0.15, 0.2) is 5.78 Å². The maximum absolute atomic E-state index is 11.8. The van der Waals surface area contributed by atoms with Crippen molar-refractivity contribution in [1.29, 1.82) is 0 Å². The van der Waals surface area contributed by atoms with Gasteiger partial charge in [0.05, 0.1) is 0 Å². The van der Waals surface area contributed by atoms with Crippen LogP contribution in [0, 0.1) is 17.3 Å². The first-order chi connectivity index (χ1) is 12.0. The zero-order valence-corrected chi connectivity index (χ0v) is 15.8. The van der Waals surface area contributed by atoms with E-state index in [0.717, 1.165) is 38.5 Å². The van der Waals surface area contributed by atoms with E-state index in [1.807, 2.05) is 6.08 Å². The Labute approximate surface area is 151 Å². The van der Waals surface area contributed by atoms with Crippen LogP contribution < -0.4 is 0 Å². The summed E-state index contributed by atoms with van der Waals surface area (Å²) in [7, 11) is 0. The molecule has 0 saturated heterocycles. The van der Waals surface area contributed by atoms with Crippen LogP contribution in [0.25, 0.3) is 0 Å². The summed E-state index contributed by atoms with van der Waals surface area (Å²) in [4.78, 5) is 23.2. The van der Waals surface area contributed by atoms with E-state index in [0.29, 0.717) is 24.9 Å². The minimum absolute atomic E-state index is 0.0460. The second-order valence-corrected chi connectivity index (χ2v) is 7.83. The predicted molar refractivity (Wildman–Crippen MR) is 99.0 cm³/mol. The second kappa shape index (κ2) is 7.31. The Morgan fingerprint density at radius 2 is 2.08 bits per heavy atom. The molecule has 0 radical (unpaired) electrons. The number of carbonyl (C=O) groups is 2. The number of allylic oxidation sites excluding steroid dienone is 5. The molecule has 0 aliphatic heterocycles. The lowest BCUT2D eigenvalue weighted by atomic mass is 9.57. The third kappa shape index (κ3) is 3.38. The van der Waals surface area contributed by atoms with Crippen molar-refractivity contribution in [3.05, 3.63) is 34.9 Å². The summed E-state index contributed by atoms with van der Waals surface area (Å²) in [5.41, 5.74) is 4.09. The van der Waals surface area contributed by atoms with Crippen LogP contribution in [0.3, 0.4) is 0 Å². The van der Waals surface area contributed by atoms with Gasteiger partial charge < -0.3 is 4.74 Å². The lowest BCUT2D eigenvalue weighted by Gasteiger charge is -2.48. The molecule has 3 rings (SSSR count). The van der Waals surface area contributed by atoms with Crippen molar-refractivity contribution < 1.29 is 14.3 Å². The van der Waals surface area contributed by atoms with Crippen LogP contribution in [0.5, 0.6) is 0 Å². The van der Waals surface area contributed by atoms with E-state index < -0.39 is 0 Å². The quantitative estimate of drug-likeness (QED) is 0.666. The van der Waals surface area contributed by atoms with Gasteiger partial charge in [-0.05, 0) is 60.3 Å². The number of hydrogen-bond acceptors (Lipinski definition) is 3. The average molecular weight is 342 g/mol. The van der Waals surface area contributed by atoms with Gasteiger partial charge in [-0.1, -0.05) is 38.8 Å². The number of ether oxygens (including phenoxy) is 1. The summed E-state index contributed by atoms with van der Waals surface area (Å²) in [6, 6.07) is 0. The van der Waals surface area contributed by atoms with Crippen molar-refractivity contribution in [3.63, 3.8) is 0 Å². The molecule has 3 aliphatic carbocycles. The third-order valence-electron chi connectivity index (χ3n) is 6.34. The smallest absolute Gasteiger partial charge is 0.302 e. The predicted octanol–water partition coefficient (Wildman–Crippen LogP) is 4.93. The molecule has 2 unspecified atom stereocenters. The first kappa shape index (κ1) is 18.2. The molecule has 136 valence electrons. The third-order valence-corrected chi connectivity index (χ3v) is 6.34.